The molecule has 1 aromatic rings. The van der Waals surface area contributed by atoms with Crippen molar-refractivity contribution in [3.63, 3.8) is 0 Å². The van der Waals surface area contributed by atoms with E-state index in [1.165, 1.54) is 4.68 Å². The van der Waals surface area contributed by atoms with E-state index >= 15 is 0 Å². The number of aryl methyl sites for hydroxylation is 1. The molecule has 3 N–H and O–H groups in total. The van der Waals surface area contributed by atoms with Crippen molar-refractivity contribution < 1.29 is 4.79 Å². The van der Waals surface area contributed by atoms with Gasteiger partial charge in [0.2, 0.25) is 0 Å². The van der Waals surface area contributed by atoms with Gasteiger partial charge in [0.25, 0.3) is 5.91 Å². The summed E-state index contributed by atoms with van der Waals surface area (Å²) in [7, 11) is 1.73. The molecule has 0 bridgehead atoms. The zero-order valence-electron chi connectivity index (χ0n) is 8.73. The summed E-state index contributed by atoms with van der Waals surface area (Å²) in [4.78, 5) is 13.8. The molecule has 6 heteroatoms. The van der Waals surface area contributed by atoms with E-state index in [1.807, 2.05) is 4.90 Å². The summed E-state index contributed by atoms with van der Waals surface area (Å²) >= 11 is 0. The van der Waals surface area contributed by atoms with Crippen molar-refractivity contribution in [3.05, 3.63) is 11.8 Å². The van der Waals surface area contributed by atoms with Crippen molar-refractivity contribution in [3.8, 4) is 0 Å². The maximum absolute atomic E-state index is 12.0. The van der Waals surface area contributed by atoms with Gasteiger partial charge in [0.15, 0.2) is 0 Å². The first kappa shape index (κ1) is 9.97. The third kappa shape index (κ3) is 1.94. The number of hydrogen-bond acceptors (Lipinski definition) is 4. The van der Waals surface area contributed by atoms with Gasteiger partial charge in [-0.25, -0.2) is 0 Å². The summed E-state index contributed by atoms with van der Waals surface area (Å²) in [5.74, 6) is 0.388. The molecule has 2 heterocycles. The van der Waals surface area contributed by atoms with E-state index in [4.69, 9.17) is 5.73 Å². The summed E-state index contributed by atoms with van der Waals surface area (Å²) in [6.45, 7) is 3.17. The predicted molar refractivity (Wildman–Crippen MR) is 56.4 cm³/mol. The SMILES string of the molecule is Cn1nc(N)cc1C(=O)N1CCNCC1. The maximum Gasteiger partial charge on any atom is 0.272 e. The Labute approximate surface area is 88.0 Å². The second-order valence-electron chi connectivity index (χ2n) is 3.62. The van der Waals surface area contributed by atoms with Crippen LogP contribution in [-0.2, 0) is 7.05 Å². The Bertz CT molecular complexity index is 367. The summed E-state index contributed by atoms with van der Waals surface area (Å²) in [6, 6.07) is 1.62. The largest absolute Gasteiger partial charge is 0.382 e. The van der Waals surface area contributed by atoms with Crippen LogP contribution >= 0.6 is 0 Å². The van der Waals surface area contributed by atoms with Crippen molar-refractivity contribution >= 4 is 11.7 Å². The Balaban J connectivity index is 2.16. The van der Waals surface area contributed by atoms with Gasteiger partial charge in [0.05, 0.1) is 0 Å². The molecule has 0 spiro atoms. The number of nitrogens with two attached hydrogens (primary N) is 1. The fourth-order valence-corrected chi connectivity index (χ4v) is 1.72. The molecule has 1 aliphatic heterocycles. The second kappa shape index (κ2) is 3.90. The predicted octanol–water partition coefficient (Wildman–Crippen LogP) is -0.952. The first-order valence-electron chi connectivity index (χ1n) is 4.98. The molecule has 0 radical (unpaired) electrons. The van der Waals surface area contributed by atoms with Gasteiger partial charge in [-0.3, -0.25) is 9.48 Å². The van der Waals surface area contributed by atoms with Crippen molar-refractivity contribution in [1.82, 2.24) is 20.0 Å². The van der Waals surface area contributed by atoms with Crippen LogP contribution in [0.25, 0.3) is 0 Å². The highest BCUT2D eigenvalue weighted by Crippen LogP contribution is 2.08. The fraction of sp³-hybridized carbons (Fsp3) is 0.556. The van der Waals surface area contributed by atoms with Crippen molar-refractivity contribution in [1.29, 1.82) is 0 Å². The Hall–Kier alpha value is -1.56. The number of hydrogen-bond donors (Lipinski definition) is 2. The van der Waals surface area contributed by atoms with E-state index in [9.17, 15) is 4.79 Å². The highest BCUT2D eigenvalue weighted by molar-refractivity contribution is 5.93. The maximum atomic E-state index is 12.0. The van der Waals surface area contributed by atoms with Crippen LogP contribution in [-0.4, -0.2) is 46.8 Å². The van der Waals surface area contributed by atoms with Crippen molar-refractivity contribution in [2.45, 2.75) is 0 Å². The van der Waals surface area contributed by atoms with E-state index in [2.05, 4.69) is 10.4 Å². The van der Waals surface area contributed by atoms with Gasteiger partial charge in [-0.1, -0.05) is 0 Å². The molecule has 82 valence electrons. The number of amides is 1. The number of anilines is 1. The smallest absolute Gasteiger partial charge is 0.272 e. The normalized spacial score (nSPS) is 16.7. The molecule has 0 aromatic carbocycles. The van der Waals surface area contributed by atoms with Crippen LogP contribution in [0.15, 0.2) is 6.07 Å². The van der Waals surface area contributed by atoms with E-state index in [-0.39, 0.29) is 5.91 Å². The lowest BCUT2D eigenvalue weighted by molar-refractivity contribution is 0.0724. The average molecular weight is 209 g/mol. The highest BCUT2D eigenvalue weighted by atomic mass is 16.2. The van der Waals surface area contributed by atoms with Crippen LogP contribution in [0.1, 0.15) is 10.5 Å². The van der Waals surface area contributed by atoms with E-state index < -0.39 is 0 Å². The number of nitrogens with one attached hydrogen (secondary N) is 1. The minimum atomic E-state index is 0.00296. The molecule has 1 aromatic heterocycles. The lowest BCUT2D eigenvalue weighted by Gasteiger charge is -2.27. The molecule has 15 heavy (non-hydrogen) atoms. The summed E-state index contributed by atoms with van der Waals surface area (Å²) in [5, 5.41) is 7.16. The zero-order chi connectivity index (χ0) is 10.8. The van der Waals surface area contributed by atoms with Crippen molar-refractivity contribution in [2.75, 3.05) is 31.9 Å². The topological polar surface area (TPSA) is 76.2 Å². The highest BCUT2D eigenvalue weighted by Gasteiger charge is 2.20. The van der Waals surface area contributed by atoms with Crippen LogP contribution in [0.3, 0.4) is 0 Å². The van der Waals surface area contributed by atoms with Gasteiger partial charge in [-0.15, -0.1) is 0 Å². The van der Waals surface area contributed by atoms with Crippen LogP contribution < -0.4 is 11.1 Å². The van der Waals surface area contributed by atoms with E-state index in [0.29, 0.717) is 11.5 Å². The Morgan fingerprint density at radius 2 is 2.20 bits per heavy atom. The first-order valence-corrected chi connectivity index (χ1v) is 4.98. The number of aromatic nitrogens is 2. The van der Waals surface area contributed by atoms with Gasteiger partial charge in [-0.05, 0) is 0 Å². The molecular weight excluding hydrogens is 194 g/mol. The molecule has 1 fully saturated rings. The molecule has 1 saturated heterocycles. The standard InChI is InChI=1S/C9H15N5O/c1-13-7(6-8(10)12-13)9(15)14-4-2-11-3-5-14/h6,11H,2-5H2,1H3,(H2,10,12). The van der Waals surface area contributed by atoms with E-state index in [0.717, 1.165) is 26.2 Å². The number of carbonyl (C=O) groups is 1. The summed E-state index contributed by atoms with van der Waals surface area (Å²) in [5.41, 5.74) is 6.08. The molecule has 0 unspecified atom stereocenters. The molecule has 6 nitrogen and oxygen atoms in total. The quantitative estimate of drug-likeness (QED) is 0.625. The van der Waals surface area contributed by atoms with E-state index in [1.54, 1.807) is 13.1 Å². The van der Waals surface area contributed by atoms with Gasteiger partial charge >= 0.3 is 0 Å². The molecule has 0 aliphatic carbocycles. The van der Waals surface area contributed by atoms with Gasteiger partial charge in [0, 0.05) is 39.3 Å². The lowest BCUT2D eigenvalue weighted by Crippen LogP contribution is -2.46. The van der Waals surface area contributed by atoms with Crippen LogP contribution in [0.4, 0.5) is 5.82 Å². The first-order chi connectivity index (χ1) is 7.18. The number of piperazine rings is 1. The zero-order valence-corrected chi connectivity index (χ0v) is 8.73. The van der Waals surface area contributed by atoms with Crippen LogP contribution in [0, 0.1) is 0 Å². The Morgan fingerprint density at radius 1 is 1.53 bits per heavy atom. The van der Waals surface area contributed by atoms with Crippen LogP contribution in [0.2, 0.25) is 0 Å². The molecular formula is C9H15N5O. The summed E-state index contributed by atoms with van der Waals surface area (Å²) in [6.07, 6.45) is 0. The van der Waals surface area contributed by atoms with Gasteiger partial charge < -0.3 is 16.0 Å². The molecule has 2 rings (SSSR count). The lowest BCUT2D eigenvalue weighted by atomic mass is 10.3. The van der Waals surface area contributed by atoms with Gasteiger partial charge in [-0.2, -0.15) is 5.10 Å². The Morgan fingerprint density at radius 3 is 2.73 bits per heavy atom. The third-order valence-electron chi connectivity index (χ3n) is 2.52. The average Bonchev–Trinajstić information content (AvgIpc) is 2.58. The second-order valence-corrected chi connectivity index (χ2v) is 3.62. The van der Waals surface area contributed by atoms with Crippen molar-refractivity contribution in [2.24, 2.45) is 7.05 Å². The van der Waals surface area contributed by atoms with Crippen LogP contribution in [0.5, 0.6) is 0 Å². The molecule has 1 amide bonds. The Kier molecular flexibility index (Phi) is 2.59. The molecule has 0 atom stereocenters. The molecule has 0 saturated carbocycles. The summed E-state index contributed by atoms with van der Waals surface area (Å²) < 4.78 is 1.53. The number of rotatable bonds is 1. The van der Waals surface area contributed by atoms with Gasteiger partial charge in [0.1, 0.15) is 11.5 Å². The fourth-order valence-electron chi connectivity index (χ4n) is 1.72. The third-order valence-corrected chi connectivity index (χ3v) is 2.52. The number of nitrogens with zero attached hydrogens (tertiary/aromatic N) is 3. The minimum absolute atomic E-state index is 0.00296. The molecule has 1 aliphatic rings. The number of nitrogen functional groups attached to an aromatic ring is 1. The number of carbonyl (C=O) groups excluding carboxylic acids is 1. The minimum Gasteiger partial charge on any atom is -0.382 e. The monoisotopic (exact) mass is 209 g/mol.